The van der Waals surface area contributed by atoms with Crippen molar-refractivity contribution < 1.29 is 18.3 Å². The van der Waals surface area contributed by atoms with E-state index in [-0.39, 0.29) is 23.0 Å². The van der Waals surface area contributed by atoms with Gasteiger partial charge in [-0.15, -0.1) is 0 Å². The third-order valence-electron chi connectivity index (χ3n) is 3.52. The Labute approximate surface area is 118 Å². The van der Waals surface area contributed by atoms with Gasteiger partial charge in [0.15, 0.2) is 0 Å². The standard InChI is InChI=1S/C13H18N2O4S/c1-2-9-3-4-11(7-12(9)13(16)17)20(18,19)15-6-5-10(14)8-15/h3-4,7,10H,2,5-6,8,14H2,1H3,(H,16,17). The van der Waals surface area contributed by atoms with Crippen LogP contribution in [-0.2, 0) is 16.4 Å². The lowest BCUT2D eigenvalue weighted by atomic mass is 10.1. The van der Waals surface area contributed by atoms with Crippen LogP contribution in [0.3, 0.4) is 0 Å². The van der Waals surface area contributed by atoms with Crippen LogP contribution in [0.5, 0.6) is 0 Å². The molecule has 110 valence electrons. The number of carboxylic acids is 1. The van der Waals surface area contributed by atoms with Crippen LogP contribution in [0.2, 0.25) is 0 Å². The van der Waals surface area contributed by atoms with Crippen molar-refractivity contribution in [3.8, 4) is 0 Å². The number of carboxylic acid groups (broad SMARTS) is 1. The first kappa shape index (κ1) is 15.0. The Morgan fingerprint density at radius 2 is 2.20 bits per heavy atom. The van der Waals surface area contributed by atoms with Crippen molar-refractivity contribution >= 4 is 16.0 Å². The topological polar surface area (TPSA) is 101 Å². The molecule has 1 heterocycles. The summed E-state index contributed by atoms with van der Waals surface area (Å²) in [5.74, 6) is -1.11. The van der Waals surface area contributed by atoms with Gasteiger partial charge in [-0.1, -0.05) is 13.0 Å². The molecule has 0 saturated carbocycles. The summed E-state index contributed by atoms with van der Waals surface area (Å²) in [6.07, 6.45) is 1.16. The van der Waals surface area contributed by atoms with Crippen LogP contribution in [0.25, 0.3) is 0 Å². The molecule has 1 aliphatic heterocycles. The molecule has 0 radical (unpaired) electrons. The van der Waals surface area contributed by atoms with Crippen LogP contribution in [0.15, 0.2) is 23.1 Å². The second-order valence-corrected chi connectivity index (χ2v) is 6.83. The lowest BCUT2D eigenvalue weighted by Crippen LogP contribution is -2.32. The number of sulfonamides is 1. The zero-order chi connectivity index (χ0) is 14.9. The molecule has 0 spiro atoms. The van der Waals surface area contributed by atoms with Gasteiger partial charge in [-0.25, -0.2) is 13.2 Å². The molecule has 20 heavy (non-hydrogen) atoms. The van der Waals surface area contributed by atoms with Crippen molar-refractivity contribution in [2.75, 3.05) is 13.1 Å². The predicted molar refractivity (Wildman–Crippen MR) is 74.1 cm³/mol. The minimum absolute atomic E-state index is 0.0150. The molecule has 0 bridgehead atoms. The van der Waals surface area contributed by atoms with Gasteiger partial charge in [-0.05, 0) is 30.5 Å². The Morgan fingerprint density at radius 3 is 2.70 bits per heavy atom. The highest BCUT2D eigenvalue weighted by Gasteiger charge is 2.31. The number of rotatable bonds is 4. The average molecular weight is 298 g/mol. The van der Waals surface area contributed by atoms with Gasteiger partial charge in [0.25, 0.3) is 0 Å². The number of nitrogens with zero attached hydrogens (tertiary/aromatic N) is 1. The van der Waals surface area contributed by atoms with Gasteiger partial charge in [-0.2, -0.15) is 4.31 Å². The van der Waals surface area contributed by atoms with Gasteiger partial charge in [-0.3, -0.25) is 0 Å². The SMILES string of the molecule is CCc1ccc(S(=O)(=O)N2CCC(N)C2)cc1C(=O)O. The molecular formula is C13H18N2O4S. The Bertz CT molecular complexity index is 627. The lowest BCUT2D eigenvalue weighted by Gasteiger charge is -2.17. The van der Waals surface area contributed by atoms with Crippen LogP contribution < -0.4 is 5.73 Å². The van der Waals surface area contributed by atoms with E-state index in [1.165, 1.54) is 16.4 Å². The van der Waals surface area contributed by atoms with Gasteiger partial charge >= 0.3 is 5.97 Å². The molecule has 1 aliphatic rings. The highest BCUT2D eigenvalue weighted by Crippen LogP contribution is 2.23. The van der Waals surface area contributed by atoms with Crippen LogP contribution >= 0.6 is 0 Å². The first-order valence-corrected chi connectivity index (χ1v) is 7.92. The van der Waals surface area contributed by atoms with Crippen molar-refractivity contribution in [1.82, 2.24) is 4.31 Å². The fraction of sp³-hybridized carbons (Fsp3) is 0.462. The van der Waals surface area contributed by atoms with Gasteiger partial charge < -0.3 is 10.8 Å². The van der Waals surface area contributed by atoms with Gasteiger partial charge in [0.05, 0.1) is 10.5 Å². The molecule has 0 aliphatic carbocycles. The van der Waals surface area contributed by atoms with Crippen molar-refractivity contribution in [2.45, 2.75) is 30.7 Å². The van der Waals surface area contributed by atoms with E-state index < -0.39 is 16.0 Å². The third-order valence-corrected chi connectivity index (χ3v) is 5.38. The summed E-state index contributed by atoms with van der Waals surface area (Å²) in [5, 5.41) is 9.17. The molecule has 1 saturated heterocycles. The van der Waals surface area contributed by atoms with E-state index in [2.05, 4.69) is 0 Å². The van der Waals surface area contributed by atoms with E-state index in [4.69, 9.17) is 10.8 Å². The predicted octanol–water partition coefficient (Wildman–Crippen LogP) is 0.669. The molecule has 1 atom stereocenters. The maximum Gasteiger partial charge on any atom is 0.336 e. The first-order valence-electron chi connectivity index (χ1n) is 6.48. The zero-order valence-corrected chi connectivity index (χ0v) is 12.1. The number of hydrogen-bond donors (Lipinski definition) is 2. The highest BCUT2D eigenvalue weighted by atomic mass is 32.2. The van der Waals surface area contributed by atoms with E-state index >= 15 is 0 Å². The highest BCUT2D eigenvalue weighted by molar-refractivity contribution is 7.89. The molecule has 1 fully saturated rings. The molecule has 1 aromatic carbocycles. The molecule has 1 aromatic rings. The largest absolute Gasteiger partial charge is 0.478 e. The number of aryl methyl sites for hydroxylation is 1. The normalized spacial score (nSPS) is 20.2. The molecule has 6 nitrogen and oxygen atoms in total. The van der Waals surface area contributed by atoms with E-state index in [1.54, 1.807) is 6.07 Å². The summed E-state index contributed by atoms with van der Waals surface area (Å²) in [6.45, 7) is 2.48. The van der Waals surface area contributed by atoms with Crippen LogP contribution in [0.4, 0.5) is 0 Å². The second-order valence-electron chi connectivity index (χ2n) is 4.89. The zero-order valence-electron chi connectivity index (χ0n) is 11.2. The summed E-state index contributed by atoms with van der Waals surface area (Å²) in [6, 6.07) is 4.11. The second kappa shape index (κ2) is 5.51. The Balaban J connectivity index is 2.42. The fourth-order valence-corrected chi connectivity index (χ4v) is 3.88. The van der Waals surface area contributed by atoms with Gasteiger partial charge in [0.1, 0.15) is 0 Å². The number of carbonyl (C=O) groups is 1. The van der Waals surface area contributed by atoms with Crippen molar-refractivity contribution in [3.63, 3.8) is 0 Å². The number of nitrogens with two attached hydrogens (primary N) is 1. The molecule has 2 rings (SSSR count). The van der Waals surface area contributed by atoms with Gasteiger partial charge in [0.2, 0.25) is 10.0 Å². The minimum Gasteiger partial charge on any atom is -0.478 e. The van der Waals surface area contributed by atoms with E-state index in [1.807, 2.05) is 6.92 Å². The quantitative estimate of drug-likeness (QED) is 0.851. The summed E-state index contributed by atoms with van der Waals surface area (Å²) >= 11 is 0. The van der Waals surface area contributed by atoms with E-state index in [0.29, 0.717) is 24.9 Å². The Hall–Kier alpha value is -1.44. The number of aromatic carboxylic acids is 1. The molecule has 0 amide bonds. The smallest absolute Gasteiger partial charge is 0.336 e. The van der Waals surface area contributed by atoms with Crippen molar-refractivity contribution in [2.24, 2.45) is 5.73 Å². The van der Waals surface area contributed by atoms with Crippen LogP contribution in [0.1, 0.15) is 29.3 Å². The Kier molecular flexibility index (Phi) is 4.12. The monoisotopic (exact) mass is 298 g/mol. The summed E-state index contributed by atoms with van der Waals surface area (Å²) in [7, 11) is -3.66. The maximum absolute atomic E-state index is 12.4. The van der Waals surface area contributed by atoms with E-state index in [0.717, 1.165) is 0 Å². The summed E-state index contributed by atoms with van der Waals surface area (Å²) < 4.78 is 26.2. The lowest BCUT2D eigenvalue weighted by molar-refractivity contribution is 0.0695. The van der Waals surface area contributed by atoms with Crippen LogP contribution in [0, 0.1) is 0 Å². The van der Waals surface area contributed by atoms with Crippen molar-refractivity contribution in [1.29, 1.82) is 0 Å². The third kappa shape index (κ3) is 2.70. The number of hydrogen-bond acceptors (Lipinski definition) is 4. The first-order chi connectivity index (χ1) is 9.36. The van der Waals surface area contributed by atoms with Crippen LogP contribution in [-0.4, -0.2) is 42.9 Å². The Morgan fingerprint density at radius 1 is 1.50 bits per heavy atom. The minimum atomic E-state index is -3.66. The molecule has 3 N–H and O–H groups in total. The average Bonchev–Trinajstić information content (AvgIpc) is 2.85. The maximum atomic E-state index is 12.4. The van der Waals surface area contributed by atoms with Gasteiger partial charge in [0, 0.05) is 19.1 Å². The van der Waals surface area contributed by atoms with Crippen molar-refractivity contribution in [3.05, 3.63) is 29.3 Å². The molecule has 7 heteroatoms. The molecule has 0 aromatic heterocycles. The molecular weight excluding hydrogens is 280 g/mol. The summed E-state index contributed by atoms with van der Waals surface area (Å²) in [4.78, 5) is 11.2. The number of benzene rings is 1. The fourth-order valence-electron chi connectivity index (χ4n) is 2.34. The van der Waals surface area contributed by atoms with E-state index in [9.17, 15) is 13.2 Å². The summed E-state index contributed by atoms with van der Waals surface area (Å²) in [5.41, 5.74) is 6.38. The molecule has 1 unspecified atom stereocenters.